The number of ether oxygens (including phenoxy) is 1. The van der Waals surface area contributed by atoms with E-state index in [1.165, 1.54) is 18.4 Å². The van der Waals surface area contributed by atoms with Crippen molar-refractivity contribution in [3.8, 4) is 0 Å². The standard InChI is InChI=1S/C16H26N2OS/c1-4-6-7-13-8-10-15(11-9-13)18-16(20)17-14(5-2)12-19-3/h8-11,14H,4-7,12H2,1-3H3,(H2,17,18,20). The summed E-state index contributed by atoms with van der Waals surface area (Å²) in [7, 11) is 1.70. The minimum absolute atomic E-state index is 0.254. The highest BCUT2D eigenvalue weighted by molar-refractivity contribution is 7.80. The van der Waals surface area contributed by atoms with Gasteiger partial charge in [0.25, 0.3) is 0 Å². The summed E-state index contributed by atoms with van der Waals surface area (Å²) in [6.45, 7) is 4.99. The summed E-state index contributed by atoms with van der Waals surface area (Å²) in [6.07, 6.45) is 4.59. The summed E-state index contributed by atoms with van der Waals surface area (Å²) >= 11 is 5.32. The van der Waals surface area contributed by atoms with Crippen LogP contribution in [-0.4, -0.2) is 24.9 Å². The summed E-state index contributed by atoms with van der Waals surface area (Å²) in [5, 5.41) is 7.12. The summed E-state index contributed by atoms with van der Waals surface area (Å²) < 4.78 is 5.15. The van der Waals surface area contributed by atoms with Gasteiger partial charge in [0.15, 0.2) is 5.11 Å². The summed E-state index contributed by atoms with van der Waals surface area (Å²) in [5.41, 5.74) is 2.40. The summed E-state index contributed by atoms with van der Waals surface area (Å²) in [6, 6.07) is 8.73. The zero-order valence-electron chi connectivity index (χ0n) is 12.7. The molecule has 0 aromatic heterocycles. The van der Waals surface area contributed by atoms with E-state index in [4.69, 9.17) is 17.0 Å². The summed E-state index contributed by atoms with van der Waals surface area (Å²) in [5.74, 6) is 0. The maximum absolute atomic E-state index is 5.32. The van der Waals surface area contributed by atoms with E-state index in [9.17, 15) is 0 Å². The van der Waals surface area contributed by atoms with E-state index < -0.39 is 0 Å². The third-order valence-electron chi connectivity index (χ3n) is 3.23. The Morgan fingerprint density at radius 2 is 1.95 bits per heavy atom. The molecule has 0 heterocycles. The first kappa shape index (κ1) is 16.9. The molecule has 112 valence electrons. The molecule has 2 N–H and O–H groups in total. The van der Waals surface area contributed by atoms with Crippen LogP contribution in [0.3, 0.4) is 0 Å². The molecular weight excluding hydrogens is 268 g/mol. The number of anilines is 1. The number of unbranched alkanes of at least 4 members (excludes halogenated alkanes) is 1. The van der Waals surface area contributed by atoms with Crippen LogP contribution in [0.2, 0.25) is 0 Å². The highest BCUT2D eigenvalue weighted by Crippen LogP contribution is 2.11. The second-order valence-electron chi connectivity index (χ2n) is 4.96. The SMILES string of the molecule is CCCCc1ccc(NC(=S)NC(CC)COC)cc1. The van der Waals surface area contributed by atoms with Crippen LogP contribution in [0.5, 0.6) is 0 Å². The Morgan fingerprint density at radius 3 is 2.50 bits per heavy atom. The Bertz CT molecular complexity index is 392. The Balaban J connectivity index is 2.45. The quantitative estimate of drug-likeness (QED) is 0.716. The predicted molar refractivity (Wildman–Crippen MR) is 90.4 cm³/mol. The van der Waals surface area contributed by atoms with E-state index in [0.29, 0.717) is 11.7 Å². The minimum atomic E-state index is 0.254. The average molecular weight is 294 g/mol. The molecule has 1 atom stereocenters. The van der Waals surface area contributed by atoms with E-state index in [1.807, 2.05) is 0 Å². The first-order chi connectivity index (χ1) is 9.69. The fraction of sp³-hybridized carbons (Fsp3) is 0.562. The minimum Gasteiger partial charge on any atom is -0.383 e. The van der Waals surface area contributed by atoms with E-state index in [1.54, 1.807) is 7.11 Å². The van der Waals surface area contributed by atoms with Gasteiger partial charge in [0.2, 0.25) is 0 Å². The van der Waals surface area contributed by atoms with Gasteiger partial charge in [-0.25, -0.2) is 0 Å². The second-order valence-corrected chi connectivity index (χ2v) is 5.37. The van der Waals surface area contributed by atoms with Gasteiger partial charge in [0.1, 0.15) is 0 Å². The van der Waals surface area contributed by atoms with Crippen molar-refractivity contribution in [2.45, 2.75) is 45.6 Å². The van der Waals surface area contributed by atoms with Gasteiger partial charge in [-0.3, -0.25) is 0 Å². The number of rotatable bonds is 8. The van der Waals surface area contributed by atoms with Crippen molar-refractivity contribution in [2.24, 2.45) is 0 Å². The highest BCUT2D eigenvalue weighted by atomic mass is 32.1. The molecule has 0 saturated carbocycles. The fourth-order valence-corrected chi connectivity index (χ4v) is 2.24. The zero-order valence-corrected chi connectivity index (χ0v) is 13.6. The molecule has 0 aliphatic heterocycles. The van der Waals surface area contributed by atoms with E-state index >= 15 is 0 Å². The molecule has 1 rings (SSSR count). The lowest BCUT2D eigenvalue weighted by Crippen LogP contribution is -2.40. The Morgan fingerprint density at radius 1 is 1.25 bits per heavy atom. The molecular formula is C16H26N2OS. The van der Waals surface area contributed by atoms with E-state index in [-0.39, 0.29) is 6.04 Å². The van der Waals surface area contributed by atoms with Gasteiger partial charge in [-0.15, -0.1) is 0 Å². The maximum Gasteiger partial charge on any atom is 0.171 e. The first-order valence-electron chi connectivity index (χ1n) is 7.35. The monoisotopic (exact) mass is 294 g/mol. The molecule has 0 fully saturated rings. The molecule has 4 heteroatoms. The van der Waals surface area contributed by atoms with Crippen LogP contribution in [0.1, 0.15) is 38.7 Å². The fourth-order valence-electron chi connectivity index (χ4n) is 1.95. The van der Waals surface area contributed by atoms with Crippen molar-refractivity contribution in [1.29, 1.82) is 0 Å². The molecule has 0 saturated heterocycles. The van der Waals surface area contributed by atoms with Crippen LogP contribution in [0.4, 0.5) is 5.69 Å². The van der Waals surface area contributed by atoms with Crippen molar-refractivity contribution in [3.05, 3.63) is 29.8 Å². The summed E-state index contributed by atoms with van der Waals surface area (Å²) in [4.78, 5) is 0. The van der Waals surface area contributed by atoms with Crippen LogP contribution in [0.15, 0.2) is 24.3 Å². The molecule has 1 unspecified atom stereocenters. The van der Waals surface area contributed by atoms with Crippen LogP contribution < -0.4 is 10.6 Å². The molecule has 0 bridgehead atoms. The molecule has 1 aromatic carbocycles. The predicted octanol–water partition coefficient (Wildman–Crippen LogP) is 3.74. The van der Waals surface area contributed by atoms with Crippen molar-refractivity contribution in [1.82, 2.24) is 5.32 Å². The number of thiocarbonyl (C=S) groups is 1. The first-order valence-corrected chi connectivity index (χ1v) is 7.75. The smallest absolute Gasteiger partial charge is 0.171 e. The third kappa shape index (κ3) is 6.35. The van der Waals surface area contributed by atoms with Crippen LogP contribution in [0, 0.1) is 0 Å². The van der Waals surface area contributed by atoms with Crippen molar-refractivity contribution in [3.63, 3.8) is 0 Å². The third-order valence-corrected chi connectivity index (χ3v) is 3.45. The van der Waals surface area contributed by atoms with E-state index in [0.717, 1.165) is 18.5 Å². The highest BCUT2D eigenvalue weighted by Gasteiger charge is 2.07. The Hall–Kier alpha value is -1.13. The second kappa shape index (κ2) is 9.72. The number of methoxy groups -OCH3 is 1. The lowest BCUT2D eigenvalue weighted by atomic mass is 10.1. The molecule has 0 radical (unpaired) electrons. The number of benzene rings is 1. The van der Waals surface area contributed by atoms with Crippen molar-refractivity contribution >= 4 is 23.0 Å². The average Bonchev–Trinajstić information content (AvgIpc) is 2.46. The Kier molecular flexibility index (Phi) is 8.23. The molecule has 0 amide bonds. The maximum atomic E-state index is 5.32. The molecule has 1 aromatic rings. The Labute approximate surface area is 128 Å². The largest absolute Gasteiger partial charge is 0.383 e. The molecule has 3 nitrogen and oxygen atoms in total. The number of aryl methyl sites for hydroxylation is 1. The number of hydrogen-bond acceptors (Lipinski definition) is 2. The van der Waals surface area contributed by atoms with E-state index in [2.05, 4.69) is 48.7 Å². The van der Waals surface area contributed by atoms with Gasteiger partial charge in [-0.2, -0.15) is 0 Å². The lowest BCUT2D eigenvalue weighted by Gasteiger charge is -2.18. The van der Waals surface area contributed by atoms with Gasteiger partial charge >= 0.3 is 0 Å². The van der Waals surface area contributed by atoms with Crippen LogP contribution in [0.25, 0.3) is 0 Å². The van der Waals surface area contributed by atoms with Gasteiger partial charge in [0, 0.05) is 12.8 Å². The van der Waals surface area contributed by atoms with Gasteiger partial charge in [-0.05, 0) is 49.2 Å². The normalized spacial score (nSPS) is 11.9. The lowest BCUT2D eigenvalue weighted by molar-refractivity contribution is 0.172. The van der Waals surface area contributed by atoms with Crippen LogP contribution >= 0.6 is 12.2 Å². The topological polar surface area (TPSA) is 33.3 Å². The van der Waals surface area contributed by atoms with Crippen molar-refractivity contribution in [2.75, 3.05) is 19.0 Å². The van der Waals surface area contributed by atoms with Crippen LogP contribution in [-0.2, 0) is 11.2 Å². The number of nitrogens with one attached hydrogen (secondary N) is 2. The molecule has 0 aliphatic rings. The van der Waals surface area contributed by atoms with Gasteiger partial charge in [-0.1, -0.05) is 32.4 Å². The molecule has 0 spiro atoms. The molecule has 0 aliphatic carbocycles. The molecule has 20 heavy (non-hydrogen) atoms. The number of hydrogen-bond donors (Lipinski definition) is 2. The van der Waals surface area contributed by atoms with Gasteiger partial charge in [0.05, 0.1) is 12.6 Å². The van der Waals surface area contributed by atoms with Gasteiger partial charge < -0.3 is 15.4 Å². The zero-order chi connectivity index (χ0) is 14.8. The van der Waals surface area contributed by atoms with Crippen molar-refractivity contribution < 1.29 is 4.74 Å².